The van der Waals surface area contributed by atoms with E-state index < -0.39 is 6.16 Å². The van der Waals surface area contributed by atoms with Crippen molar-refractivity contribution in [2.24, 2.45) is 9.98 Å². The molecule has 13 nitrogen and oxygen atoms in total. The number of rotatable bonds is 18. The molecule has 2 unspecified atom stereocenters. The van der Waals surface area contributed by atoms with Gasteiger partial charge in [0.15, 0.2) is 0 Å². The fourth-order valence-electron chi connectivity index (χ4n) is 11.5. The van der Waals surface area contributed by atoms with Crippen LogP contribution in [0.1, 0.15) is 178 Å². The Morgan fingerprint density at radius 2 is 0.944 bits per heavy atom. The number of carboxylic acid groups (broad SMARTS) is 2. The van der Waals surface area contributed by atoms with E-state index >= 15 is 0 Å². The molecule has 4 heterocycles. The van der Waals surface area contributed by atoms with Gasteiger partial charge in [0.1, 0.15) is 11.5 Å². The third-order valence-electron chi connectivity index (χ3n) is 15.2. The van der Waals surface area contributed by atoms with Crippen molar-refractivity contribution < 1.29 is 51.2 Å². The maximum atomic E-state index is 11.6. The summed E-state index contributed by atoms with van der Waals surface area (Å²) >= 11 is 0. The van der Waals surface area contributed by atoms with Gasteiger partial charge in [0.2, 0.25) is 0 Å². The zero-order chi connectivity index (χ0) is 50.4. The number of phenols is 2. The fraction of sp³-hybridized carbons (Fsp3) is 0.702. The molecule has 1 radical (unpaired) electrons. The molecule has 397 valence electrons. The molecule has 2 saturated heterocycles. The number of hydrogen-bond donors (Lipinski definition) is 4. The van der Waals surface area contributed by atoms with Gasteiger partial charge >= 0.3 is 18.1 Å². The first-order valence-corrected chi connectivity index (χ1v) is 27.3. The summed E-state index contributed by atoms with van der Waals surface area (Å²) in [5.41, 5.74) is 5.83. The van der Waals surface area contributed by atoms with E-state index in [0.717, 1.165) is 86.7 Å². The largest absolute Gasteiger partial charge is 0.507 e. The van der Waals surface area contributed by atoms with Crippen molar-refractivity contribution in [2.45, 2.75) is 180 Å². The molecular formula is C57H92CoN8O5+2. The Balaban J connectivity index is 0.00000181. The van der Waals surface area contributed by atoms with Crippen LogP contribution in [0.2, 0.25) is 0 Å². The van der Waals surface area contributed by atoms with Crippen molar-refractivity contribution in [3.8, 4) is 11.5 Å². The summed E-state index contributed by atoms with van der Waals surface area (Å²) < 4.78 is 4.94. The molecule has 14 heteroatoms. The van der Waals surface area contributed by atoms with Crippen molar-refractivity contribution >= 4 is 30.5 Å². The number of fused-ring (bicyclic) bond motifs is 2. The number of unbranched alkanes of at least 4 members (excludes halogenated alkanes) is 6. The summed E-state index contributed by atoms with van der Waals surface area (Å²) in [7, 11) is 4.53. The van der Waals surface area contributed by atoms with Gasteiger partial charge in [-0.3, -0.25) is 38.7 Å². The van der Waals surface area contributed by atoms with E-state index in [1.165, 1.54) is 140 Å². The van der Waals surface area contributed by atoms with Gasteiger partial charge in [-0.15, -0.1) is 0 Å². The number of hydrogen-bond acceptors (Lipinski definition) is 9. The number of benzene rings is 2. The van der Waals surface area contributed by atoms with Crippen LogP contribution >= 0.6 is 0 Å². The van der Waals surface area contributed by atoms with Crippen LogP contribution in [-0.2, 0) is 40.5 Å². The minimum Gasteiger partial charge on any atom is -0.507 e. The third-order valence-corrected chi connectivity index (χ3v) is 15.2. The van der Waals surface area contributed by atoms with Crippen LogP contribution in [0, 0.1) is 0 Å². The topological polar surface area (TPSA) is 142 Å². The standard InChI is InChI=1S/C56H88N8O2.CH2O3.Co/c1-55(2,3)47-39-43(23-13-9-11-17-29-61-33-21-35-63-31-19-27-59(7)53(61)63)37-45(51(47)65)41-57-49-25-15-16-26-50(49)58-42-46-38-44(40-48(52(46)66)56(4,5)6)24-14-10-12-18-30-62-34-22-36-64-32-20-28-60(8)54(62)64;2-1(3)4;/h37-42,49-50H,9-36H2,1-8H3;(H2,2,3,4);/p+2. The van der Waals surface area contributed by atoms with Crippen molar-refractivity contribution in [3.63, 3.8) is 0 Å². The maximum Gasteiger partial charge on any atom is 0.503 e. The van der Waals surface area contributed by atoms with Crippen molar-refractivity contribution in [2.75, 3.05) is 79.5 Å². The summed E-state index contributed by atoms with van der Waals surface area (Å²) in [6.07, 6.45) is 23.0. The molecule has 71 heavy (non-hydrogen) atoms. The molecule has 4 N–H and O–H groups in total. The van der Waals surface area contributed by atoms with Crippen LogP contribution in [0.15, 0.2) is 34.3 Å². The molecule has 0 spiro atoms. The van der Waals surface area contributed by atoms with Crippen LogP contribution < -0.4 is 0 Å². The van der Waals surface area contributed by atoms with E-state index in [2.05, 4.69) is 109 Å². The number of aromatic hydroxyl groups is 2. The molecule has 1 aliphatic carbocycles. The van der Waals surface area contributed by atoms with Gasteiger partial charge < -0.3 is 20.4 Å². The van der Waals surface area contributed by atoms with E-state index in [9.17, 15) is 10.2 Å². The summed E-state index contributed by atoms with van der Waals surface area (Å²) in [5.74, 6) is 3.63. The zero-order valence-corrected chi connectivity index (χ0v) is 46.1. The molecule has 2 aromatic rings. The molecule has 7 rings (SSSR count). The fourth-order valence-corrected chi connectivity index (χ4v) is 11.5. The van der Waals surface area contributed by atoms with E-state index in [0.29, 0.717) is 11.5 Å². The number of guanidine groups is 2. The van der Waals surface area contributed by atoms with Crippen LogP contribution in [0.5, 0.6) is 11.5 Å². The predicted molar refractivity (Wildman–Crippen MR) is 287 cm³/mol. The Hall–Kier alpha value is -4.30. The quantitative estimate of drug-likeness (QED) is 0.0653. The SMILES string of the molecule is C[N+]1=C2N(CCCCCCc3cc(C=NC4CCCCC4N=Cc4cc(CCCCCCN5CCCN6CCC[N+](C)=C56)cc(C(C)(C)C)c4O)c(O)c(C(C)(C)C)c3)CCCN2CCC1.O=C(O)O.[Co]. The van der Waals surface area contributed by atoms with E-state index in [-0.39, 0.29) is 39.7 Å². The minimum absolute atomic E-state index is 0. The average Bonchev–Trinajstić information content (AvgIpc) is 3.30. The number of phenolic OH excluding ortho intramolecular Hbond substituents is 2. The second-order valence-corrected chi connectivity index (χ2v) is 23.1. The summed E-state index contributed by atoms with van der Waals surface area (Å²) in [4.78, 5) is 29.4. The molecule has 0 aromatic heterocycles. The van der Waals surface area contributed by atoms with E-state index in [1.54, 1.807) is 0 Å². The van der Waals surface area contributed by atoms with Gasteiger partial charge in [-0.25, -0.2) is 4.79 Å². The van der Waals surface area contributed by atoms with Crippen molar-refractivity contribution in [1.82, 2.24) is 19.6 Å². The second-order valence-electron chi connectivity index (χ2n) is 23.1. The van der Waals surface area contributed by atoms with Gasteiger partial charge in [0.25, 0.3) is 0 Å². The number of aliphatic imine (C=N–C) groups is 2. The Labute approximate surface area is 438 Å². The van der Waals surface area contributed by atoms with Crippen LogP contribution in [-0.4, -0.2) is 171 Å². The van der Waals surface area contributed by atoms with Gasteiger partial charge in [-0.2, -0.15) is 0 Å². The second kappa shape index (κ2) is 27.1. The number of nitrogens with zero attached hydrogens (tertiary/aromatic N) is 8. The Kier molecular flexibility index (Phi) is 22.0. The molecule has 5 aliphatic rings. The van der Waals surface area contributed by atoms with Gasteiger partial charge in [-0.05, 0) is 85.5 Å². The van der Waals surface area contributed by atoms with Crippen molar-refractivity contribution in [3.05, 3.63) is 57.6 Å². The Bertz CT molecular complexity index is 2030. The van der Waals surface area contributed by atoms with Crippen molar-refractivity contribution in [1.29, 1.82) is 0 Å². The maximum absolute atomic E-state index is 11.6. The molecule has 2 aromatic carbocycles. The third kappa shape index (κ3) is 16.6. The number of aryl methyl sites for hydroxylation is 2. The first-order valence-electron chi connectivity index (χ1n) is 27.3. The van der Waals surface area contributed by atoms with E-state index in [1.807, 2.05) is 12.4 Å². The van der Waals surface area contributed by atoms with Gasteiger partial charge in [-0.1, -0.05) is 92.2 Å². The molecule has 4 aliphatic heterocycles. The monoisotopic (exact) mass is 1030 g/mol. The molecular weight excluding hydrogens is 936 g/mol. The molecule has 1 saturated carbocycles. The molecule has 2 atom stereocenters. The zero-order valence-electron chi connectivity index (χ0n) is 45.0. The Morgan fingerprint density at radius 1 is 0.577 bits per heavy atom. The smallest absolute Gasteiger partial charge is 0.503 e. The van der Waals surface area contributed by atoms with Crippen LogP contribution in [0.25, 0.3) is 0 Å². The molecule has 0 bridgehead atoms. The van der Waals surface area contributed by atoms with E-state index in [4.69, 9.17) is 25.0 Å². The summed E-state index contributed by atoms with van der Waals surface area (Å²) in [6.45, 7) is 25.0. The Morgan fingerprint density at radius 3 is 1.32 bits per heavy atom. The minimum atomic E-state index is -1.83. The number of carbonyl (C=O) groups is 1. The van der Waals surface area contributed by atoms with Gasteiger partial charge in [0.05, 0.1) is 91.6 Å². The molecule has 0 amide bonds. The van der Waals surface area contributed by atoms with Crippen LogP contribution in [0.3, 0.4) is 0 Å². The average molecular weight is 1030 g/mol. The van der Waals surface area contributed by atoms with Gasteiger partial charge in [0, 0.05) is 77.1 Å². The summed E-state index contributed by atoms with van der Waals surface area (Å²) in [5, 5.41) is 37.2. The normalized spacial score (nSPS) is 20.0. The van der Waals surface area contributed by atoms with Crippen LogP contribution in [0.4, 0.5) is 4.79 Å². The molecule has 3 fully saturated rings. The first kappa shape index (κ1) is 57.6. The predicted octanol–water partition coefficient (Wildman–Crippen LogP) is 9.79. The summed E-state index contributed by atoms with van der Waals surface area (Å²) in [6, 6.07) is 8.91. The first-order chi connectivity index (χ1) is 33.4.